The summed E-state index contributed by atoms with van der Waals surface area (Å²) in [4.78, 5) is 22.3. The minimum atomic E-state index is -0.423. The monoisotopic (exact) mass is 285 g/mol. The fraction of sp³-hybridized carbons (Fsp3) is 0.188. The largest absolute Gasteiger partial charge is 0.369 e. The van der Waals surface area contributed by atoms with Crippen LogP contribution in [0.1, 0.15) is 21.5 Å². The Morgan fingerprint density at radius 1 is 1.19 bits per heavy atom. The molecule has 5 nitrogen and oxygen atoms in total. The molecule has 0 fully saturated rings. The molecule has 0 atom stereocenters. The summed E-state index contributed by atoms with van der Waals surface area (Å²) in [5, 5.41) is 10.9. The molecular formula is C16H15NO4. The maximum atomic E-state index is 11.8. The zero-order valence-corrected chi connectivity index (χ0v) is 11.6. The van der Waals surface area contributed by atoms with Crippen molar-refractivity contribution in [2.24, 2.45) is 0 Å². The highest BCUT2D eigenvalue weighted by atomic mass is 16.6. The number of ether oxygens (including phenoxy) is 1. The third kappa shape index (κ3) is 3.97. The molecule has 2 aromatic rings. The standard InChI is InChI=1S/C16H15NO4/c1-12-7-8-13(9-15(12)17(19)20)10-21-11-16(18)14-5-3-2-4-6-14/h2-9H,10-11H2,1H3. The predicted molar refractivity (Wildman–Crippen MR) is 78.3 cm³/mol. The maximum absolute atomic E-state index is 11.8. The van der Waals surface area contributed by atoms with Crippen LogP contribution >= 0.6 is 0 Å². The van der Waals surface area contributed by atoms with Crippen LogP contribution < -0.4 is 0 Å². The van der Waals surface area contributed by atoms with Crippen LogP contribution in [0, 0.1) is 17.0 Å². The number of hydrogen-bond acceptors (Lipinski definition) is 4. The van der Waals surface area contributed by atoms with E-state index < -0.39 is 4.92 Å². The number of nitro groups is 1. The molecule has 0 heterocycles. The number of aryl methyl sites for hydroxylation is 1. The van der Waals surface area contributed by atoms with Gasteiger partial charge in [-0.2, -0.15) is 0 Å². The fourth-order valence-electron chi connectivity index (χ4n) is 1.91. The van der Waals surface area contributed by atoms with Gasteiger partial charge in [0.1, 0.15) is 6.61 Å². The number of hydrogen-bond donors (Lipinski definition) is 0. The fourth-order valence-corrected chi connectivity index (χ4v) is 1.91. The van der Waals surface area contributed by atoms with Crippen molar-refractivity contribution >= 4 is 11.5 Å². The topological polar surface area (TPSA) is 69.4 Å². The molecule has 0 bridgehead atoms. The van der Waals surface area contributed by atoms with Crippen LogP contribution in [-0.4, -0.2) is 17.3 Å². The van der Waals surface area contributed by atoms with E-state index in [2.05, 4.69) is 0 Å². The molecule has 0 spiro atoms. The number of carbonyl (C=O) groups is 1. The van der Waals surface area contributed by atoms with Gasteiger partial charge in [0.2, 0.25) is 0 Å². The van der Waals surface area contributed by atoms with Crippen molar-refractivity contribution in [3.05, 3.63) is 75.3 Å². The van der Waals surface area contributed by atoms with Gasteiger partial charge in [0.25, 0.3) is 5.69 Å². The molecule has 0 aliphatic rings. The molecule has 0 saturated heterocycles. The molecule has 0 saturated carbocycles. The molecule has 5 heteroatoms. The van der Waals surface area contributed by atoms with Crippen molar-refractivity contribution in [3.8, 4) is 0 Å². The molecule has 2 rings (SSSR count). The normalized spacial score (nSPS) is 10.3. The van der Waals surface area contributed by atoms with E-state index in [0.29, 0.717) is 16.7 Å². The third-order valence-corrected chi connectivity index (χ3v) is 3.07. The van der Waals surface area contributed by atoms with Gasteiger partial charge in [-0.15, -0.1) is 0 Å². The summed E-state index contributed by atoms with van der Waals surface area (Å²) < 4.78 is 5.34. The molecule has 0 radical (unpaired) electrons. The SMILES string of the molecule is Cc1ccc(COCC(=O)c2ccccc2)cc1[N+](=O)[O-]. The summed E-state index contributed by atoms with van der Waals surface area (Å²) in [5.74, 6) is -0.114. The van der Waals surface area contributed by atoms with Crippen LogP contribution in [0.4, 0.5) is 5.69 Å². The molecule has 21 heavy (non-hydrogen) atoms. The first kappa shape index (κ1) is 14.9. The molecule has 108 valence electrons. The molecule has 2 aromatic carbocycles. The van der Waals surface area contributed by atoms with Crippen LogP contribution in [0.3, 0.4) is 0 Å². The first-order valence-corrected chi connectivity index (χ1v) is 6.48. The maximum Gasteiger partial charge on any atom is 0.272 e. The van der Waals surface area contributed by atoms with E-state index in [-0.39, 0.29) is 24.7 Å². The van der Waals surface area contributed by atoms with Crippen LogP contribution in [0.2, 0.25) is 0 Å². The van der Waals surface area contributed by atoms with Gasteiger partial charge in [0.05, 0.1) is 11.5 Å². The van der Waals surface area contributed by atoms with Gasteiger partial charge in [0, 0.05) is 17.2 Å². The highest BCUT2D eigenvalue weighted by molar-refractivity contribution is 5.96. The van der Waals surface area contributed by atoms with Crippen molar-refractivity contribution in [1.82, 2.24) is 0 Å². The smallest absolute Gasteiger partial charge is 0.272 e. The van der Waals surface area contributed by atoms with Gasteiger partial charge in [-0.05, 0) is 12.5 Å². The quantitative estimate of drug-likeness (QED) is 0.464. The van der Waals surface area contributed by atoms with E-state index in [9.17, 15) is 14.9 Å². The van der Waals surface area contributed by atoms with Gasteiger partial charge in [-0.1, -0.05) is 42.5 Å². The number of nitro benzene ring substituents is 1. The Labute approximate surface area is 122 Å². The Kier molecular flexibility index (Phi) is 4.79. The van der Waals surface area contributed by atoms with Crippen molar-refractivity contribution in [2.75, 3.05) is 6.61 Å². The minimum absolute atomic E-state index is 0.0499. The molecule has 0 amide bonds. The molecule has 0 unspecified atom stereocenters. The highest BCUT2D eigenvalue weighted by Crippen LogP contribution is 2.19. The lowest BCUT2D eigenvalue weighted by atomic mass is 10.1. The Morgan fingerprint density at radius 2 is 1.90 bits per heavy atom. The predicted octanol–water partition coefficient (Wildman–Crippen LogP) is 3.30. The lowest BCUT2D eigenvalue weighted by Gasteiger charge is -2.05. The summed E-state index contributed by atoms with van der Waals surface area (Å²) in [6, 6.07) is 13.8. The second kappa shape index (κ2) is 6.76. The number of carbonyl (C=O) groups excluding carboxylic acids is 1. The molecule has 0 N–H and O–H groups in total. The van der Waals surface area contributed by atoms with Crippen LogP contribution in [0.5, 0.6) is 0 Å². The highest BCUT2D eigenvalue weighted by Gasteiger charge is 2.11. The lowest BCUT2D eigenvalue weighted by Crippen LogP contribution is -2.09. The summed E-state index contributed by atoms with van der Waals surface area (Å²) in [7, 11) is 0. The summed E-state index contributed by atoms with van der Waals surface area (Å²) >= 11 is 0. The molecule has 0 aliphatic carbocycles. The Bertz CT molecular complexity index is 653. The van der Waals surface area contributed by atoms with Gasteiger partial charge < -0.3 is 4.74 Å². The first-order chi connectivity index (χ1) is 10.1. The second-order valence-electron chi connectivity index (χ2n) is 4.66. The average molecular weight is 285 g/mol. The molecule has 0 aromatic heterocycles. The number of benzene rings is 2. The van der Waals surface area contributed by atoms with E-state index in [1.165, 1.54) is 6.07 Å². The van der Waals surface area contributed by atoms with Crippen LogP contribution in [0.25, 0.3) is 0 Å². The van der Waals surface area contributed by atoms with E-state index in [0.717, 1.165) is 0 Å². The Hall–Kier alpha value is -2.53. The number of rotatable bonds is 6. The van der Waals surface area contributed by atoms with Gasteiger partial charge in [-0.25, -0.2) is 0 Å². The molecule has 0 aliphatic heterocycles. The number of ketones is 1. The van der Waals surface area contributed by atoms with E-state index >= 15 is 0 Å². The van der Waals surface area contributed by atoms with Crippen molar-refractivity contribution < 1.29 is 14.5 Å². The van der Waals surface area contributed by atoms with E-state index in [1.54, 1.807) is 43.3 Å². The molecular weight excluding hydrogens is 270 g/mol. The van der Waals surface area contributed by atoms with Gasteiger partial charge in [0.15, 0.2) is 5.78 Å². The number of Topliss-reactive ketones (excluding diaryl/α,β-unsaturated/α-hetero) is 1. The van der Waals surface area contributed by atoms with E-state index in [1.807, 2.05) is 6.07 Å². The summed E-state index contributed by atoms with van der Waals surface area (Å²) in [6.45, 7) is 1.80. The third-order valence-electron chi connectivity index (χ3n) is 3.07. The van der Waals surface area contributed by atoms with Gasteiger partial charge >= 0.3 is 0 Å². The minimum Gasteiger partial charge on any atom is -0.369 e. The lowest BCUT2D eigenvalue weighted by molar-refractivity contribution is -0.385. The van der Waals surface area contributed by atoms with Crippen molar-refractivity contribution in [1.29, 1.82) is 0 Å². The van der Waals surface area contributed by atoms with Crippen molar-refractivity contribution in [2.45, 2.75) is 13.5 Å². The zero-order valence-electron chi connectivity index (χ0n) is 11.6. The van der Waals surface area contributed by atoms with Crippen LogP contribution in [-0.2, 0) is 11.3 Å². The van der Waals surface area contributed by atoms with Gasteiger partial charge in [-0.3, -0.25) is 14.9 Å². The summed E-state index contributed by atoms with van der Waals surface area (Å²) in [6.07, 6.45) is 0. The second-order valence-corrected chi connectivity index (χ2v) is 4.66. The summed E-state index contributed by atoms with van der Waals surface area (Å²) in [5.41, 5.74) is 1.93. The Balaban J connectivity index is 1.93. The first-order valence-electron chi connectivity index (χ1n) is 6.48. The Morgan fingerprint density at radius 3 is 2.57 bits per heavy atom. The average Bonchev–Trinajstić information content (AvgIpc) is 2.49. The zero-order chi connectivity index (χ0) is 15.2. The number of nitrogens with zero attached hydrogens (tertiary/aromatic N) is 1. The van der Waals surface area contributed by atoms with Crippen LogP contribution in [0.15, 0.2) is 48.5 Å². The van der Waals surface area contributed by atoms with Crippen molar-refractivity contribution in [3.63, 3.8) is 0 Å². The van der Waals surface area contributed by atoms with E-state index in [4.69, 9.17) is 4.74 Å².